The lowest BCUT2D eigenvalue weighted by molar-refractivity contribution is -0.113. The van der Waals surface area contributed by atoms with Gasteiger partial charge in [-0.3, -0.25) is 4.79 Å². The number of nitrogens with zero attached hydrogens (tertiary/aromatic N) is 1. The first-order valence-corrected chi connectivity index (χ1v) is 11.5. The van der Waals surface area contributed by atoms with E-state index in [2.05, 4.69) is 10.5 Å². The molecule has 3 aromatic rings. The average Bonchev–Trinajstić information content (AvgIpc) is 3.07. The molecule has 30 heavy (non-hydrogen) atoms. The van der Waals surface area contributed by atoms with Crippen LogP contribution in [0.1, 0.15) is 17.0 Å². The Bertz CT molecular complexity index is 1020. The second kappa shape index (κ2) is 9.49. The number of ether oxygens (including phenoxy) is 2. The summed E-state index contributed by atoms with van der Waals surface area (Å²) < 4.78 is 16.6. The second-order valence-corrected chi connectivity index (χ2v) is 8.85. The highest BCUT2D eigenvalue weighted by Crippen LogP contribution is 2.42. The van der Waals surface area contributed by atoms with Crippen LogP contribution in [0.2, 0.25) is 0 Å². The highest BCUT2D eigenvalue weighted by atomic mass is 32.2. The quantitative estimate of drug-likeness (QED) is 0.546. The smallest absolute Gasteiger partial charge is 0.234 e. The fourth-order valence-electron chi connectivity index (χ4n) is 3.01. The van der Waals surface area contributed by atoms with Crippen LogP contribution < -0.4 is 14.8 Å². The molecule has 1 amide bonds. The lowest BCUT2D eigenvalue weighted by Crippen LogP contribution is -2.18. The van der Waals surface area contributed by atoms with E-state index in [1.54, 1.807) is 11.8 Å². The molecule has 6 nitrogen and oxygen atoms in total. The van der Waals surface area contributed by atoms with Gasteiger partial charge in [0.2, 0.25) is 5.91 Å². The predicted molar refractivity (Wildman–Crippen MR) is 119 cm³/mol. The van der Waals surface area contributed by atoms with Crippen molar-refractivity contribution in [1.29, 1.82) is 0 Å². The van der Waals surface area contributed by atoms with Gasteiger partial charge in [-0.15, -0.1) is 11.8 Å². The highest BCUT2D eigenvalue weighted by molar-refractivity contribution is 7.99. The molecule has 4 rings (SSSR count). The Morgan fingerprint density at radius 2 is 1.83 bits per heavy atom. The molecule has 0 radical (unpaired) electrons. The number of amides is 1. The van der Waals surface area contributed by atoms with Crippen molar-refractivity contribution < 1.29 is 18.8 Å². The molecule has 8 heteroatoms. The number of aromatic nitrogens is 1. The summed E-state index contributed by atoms with van der Waals surface area (Å²) >= 11 is 3.11. The van der Waals surface area contributed by atoms with Crippen molar-refractivity contribution >= 4 is 35.1 Å². The van der Waals surface area contributed by atoms with Crippen LogP contribution in [-0.4, -0.2) is 30.0 Å². The Kier molecular flexibility index (Phi) is 6.54. The van der Waals surface area contributed by atoms with E-state index in [0.717, 1.165) is 32.5 Å². The summed E-state index contributed by atoms with van der Waals surface area (Å²) in [6.07, 6.45) is 0. The Labute approximate surface area is 183 Å². The molecule has 0 fully saturated rings. The molecule has 0 unspecified atom stereocenters. The molecule has 156 valence electrons. The molecule has 0 saturated carbocycles. The summed E-state index contributed by atoms with van der Waals surface area (Å²) in [5.41, 5.74) is 2.64. The number of hydrogen-bond donors (Lipinski definition) is 1. The molecule has 0 bridgehead atoms. The van der Waals surface area contributed by atoms with E-state index in [0.29, 0.717) is 36.2 Å². The average molecular weight is 443 g/mol. The number of hydrogen-bond acceptors (Lipinski definition) is 7. The minimum atomic E-state index is -0.0710. The van der Waals surface area contributed by atoms with Gasteiger partial charge in [0.15, 0.2) is 11.5 Å². The van der Waals surface area contributed by atoms with E-state index in [9.17, 15) is 4.79 Å². The third-order valence-electron chi connectivity index (χ3n) is 4.55. The molecule has 0 saturated heterocycles. The molecular formula is C22H22N2O4S2. The number of carbonyl (C=O) groups is 1. The topological polar surface area (TPSA) is 73.6 Å². The zero-order valence-electron chi connectivity index (χ0n) is 16.8. The third-order valence-corrected chi connectivity index (χ3v) is 6.57. The number of aryl methyl sites for hydroxylation is 2. The minimum absolute atomic E-state index is 0.0710. The monoisotopic (exact) mass is 442 g/mol. The van der Waals surface area contributed by atoms with Crippen molar-refractivity contribution in [3.63, 3.8) is 0 Å². The second-order valence-electron chi connectivity index (χ2n) is 6.75. The van der Waals surface area contributed by atoms with E-state index in [4.69, 9.17) is 14.0 Å². The van der Waals surface area contributed by atoms with Crippen LogP contribution >= 0.6 is 23.5 Å². The van der Waals surface area contributed by atoms with Crippen molar-refractivity contribution in [3.8, 4) is 11.5 Å². The Morgan fingerprint density at radius 1 is 1.10 bits per heavy atom. The van der Waals surface area contributed by atoms with E-state index >= 15 is 0 Å². The van der Waals surface area contributed by atoms with E-state index < -0.39 is 0 Å². The molecule has 1 aliphatic heterocycles. The number of nitrogens with one attached hydrogen (secondary N) is 1. The zero-order chi connectivity index (χ0) is 20.9. The van der Waals surface area contributed by atoms with Crippen molar-refractivity contribution in [2.45, 2.75) is 29.4 Å². The number of carbonyl (C=O) groups excluding carboxylic acids is 1. The highest BCUT2D eigenvalue weighted by Gasteiger charge is 2.18. The van der Waals surface area contributed by atoms with Crippen LogP contribution in [0.3, 0.4) is 0 Å². The number of fused-ring (bicyclic) bond motifs is 1. The zero-order valence-corrected chi connectivity index (χ0v) is 18.4. The molecule has 0 aliphatic carbocycles. The van der Waals surface area contributed by atoms with Gasteiger partial charge < -0.3 is 19.3 Å². The Morgan fingerprint density at radius 3 is 2.53 bits per heavy atom. The molecule has 2 heterocycles. The number of thioether (sulfide) groups is 1. The van der Waals surface area contributed by atoms with Crippen LogP contribution in [0, 0.1) is 13.8 Å². The van der Waals surface area contributed by atoms with Crippen molar-refractivity contribution in [3.05, 3.63) is 59.5 Å². The van der Waals surface area contributed by atoms with Gasteiger partial charge in [-0.2, -0.15) is 0 Å². The van der Waals surface area contributed by atoms with Gasteiger partial charge in [0.1, 0.15) is 19.0 Å². The maximum atomic E-state index is 12.6. The number of benzene rings is 2. The number of anilines is 1. The lowest BCUT2D eigenvalue weighted by atomic mass is 10.2. The van der Waals surface area contributed by atoms with Crippen LogP contribution in [0.5, 0.6) is 11.5 Å². The minimum Gasteiger partial charge on any atom is -0.486 e. The first-order valence-electron chi connectivity index (χ1n) is 9.56. The van der Waals surface area contributed by atoms with Gasteiger partial charge in [-0.1, -0.05) is 35.1 Å². The lowest BCUT2D eigenvalue weighted by Gasteiger charge is -2.21. The van der Waals surface area contributed by atoms with Crippen molar-refractivity contribution in [2.75, 3.05) is 24.3 Å². The van der Waals surface area contributed by atoms with Crippen molar-refractivity contribution in [1.82, 2.24) is 5.16 Å². The van der Waals surface area contributed by atoms with E-state index in [1.807, 2.05) is 56.3 Å². The summed E-state index contributed by atoms with van der Waals surface area (Å²) in [5, 5.41) is 6.99. The maximum absolute atomic E-state index is 12.6. The van der Waals surface area contributed by atoms with Gasteiger partial charge >= 0.3 is 0 Å². The summed E-state index contributed by atoms with van der Waals surface area (Å²) in [5.74, 6) is 3.09. The Balaban J connectivity index is 1.46. The Hall–Kier alpha value is -2.58. The van der Waals surface area contributed by atoms with Crippen LogP contribution in [0.15, 0.2) is 56.8 Å². The largest absolute Gasteiger partial charge is 0.486 e. The predicted octanol–water partition coefficient (Wildman–Crippen LogP) is 5.09. The molecule has 0 spiro atoms. The van der Waals surface area contributed by atoms with E-state index in [1.165, 1.54) is 11.8 Å². The molecular weight excluding hydrogens is 420 g/mol. The van der Waals surface area contributed by atoms with Crippen LogP contribution in [-0.2, 0) is 10.5 Å². The van der Waals surface area contributed by atoms with Crippen LogP contribution in [0.4, 0.5) is 5.69 Å². The molecule has 2 aromatic carbocycles. The van der Waals surface area contributed by atoms with Gasteiger partial charge in [0.05, 0.1) is 17.1 Å². The van der Waals surface area contributed by atoms with E-state index in [-0.39, 0.29) is 5.91 Å². The molecule has 1 aromatic heterocycles. The maximum Gasteiger partial charge on any atom is 0.234 e. The fourth-order valence-corrected chi connectivity index (χ4v) is 4.92. The summed E-state index contributed by atoms with van der Waals surface area (Å²) in [4.78, 5) is 14.6. The standard InChI is InChI=1S/C22H22N2O4S2/c1-14-17(15(2)28-24-14)12-29-13-22(25)23-18-10-19-20(27-9-8-26-19)11-21(18)30-16-6-4-3-5-7-16/h3-7,10-11H,8-9,12-13H2,1-2H3,(H,23,25). The molecule has 1 N–H and O–H groups in total. The van der Waals surface area contributed by atoms with Gasteiger partial charge in [0, 0.05) is 33.2 Å². The third kappa shape index (κ3) is 4.94. The normalized spacial score (nSPS) is 12.6. The van der Waals surface area contributed by atoms with Gasteiger partial charge in [0.25, 0.3) is 0 Å². The summed E-state index contributed by atoms with van der Waals surface area (Å²) in [7, 11) is 0. The first-order chi connectivity index (χ1) is 14.6. The molecule has 1 aliphatic rings. The van der Waals surface area contributed by atoms with Crippen LogP contribution in [0.25, 0.3) is 0 Å². The van der Waals surface area contributed by atoms with Crippen molar-refractivity contribution in [2.24, 2.45) is 0 Å². The summed E-state index contributed by atoms with van der Waals surface area (Å²) in [6, 6.07) is 13.8. The van der Waals surface area contributed by atoms with Gasteiger partial charge in [-0.05, 0) is 26.0 Å². The summed E-state index contributed by atoms with van der Waals surface area (Å²) in [6.45, 7) is 4.82. The molecule has 0 atom stereocenters. The first kappa shape index (κ1) is 20.7. The number of rotatable bonds is 7. The van der Waals surface area contributed by atoms with Gasteiger partial charge in [-0.25, -0.2) is 0 Å². The SMILES string of the molecule is Cc1noc(C)c1CSCC(=O)Nc1cc2c(cc1Sc1ccccc1)OCCO2. The fraction of sp³-hybridized carbons (Fsp3) is 0.273.